The normalized spacial score (nSPS) is 28.0. The van der Waals surface area contributed by atoms with Crippen LogP contribution in [0.5, 0.6) is 0 Å². The zero-order valence-corrected chi connectivity index (χ0v) is 16.6. The second kappa shape index (κ2) is 10.0. The van der Waals surface area contributed by atoms with Crippen molar-refractivity contribution in [3.05, 3.63) is 0 Å². The fourth-order valence-corrected chi connectivity index (χ4v) is 5.32. The Morgan fingerprint density at radius 3 is 2.46 bits per heavy atom. The maximum absolute atomic E-state index is 13.2. The standard InChI is InChI=1S/C21H39N3O2/c25-18-19-9-7-13-23(17-19)14-8-12-22-20(26)21(10-3-1-4-11-21)24-15-5-2-6-16-24/h19,25H,1-18H2,(H,22,26). The van der Waals surface area contributed by atoms with Crippen molar-refractivity contribution < 1.29 is 9.90 Å². The van der Waals surface area contributed by atoms with Crippen molar-refractivity contribution in [1.82, 2.24) is 15.1 Å². The molecule has 3 rings (SSSR count). The molecule has 150 valence electrons. The number of amides is 1. The van der Waals surface area contributed by atoms with E-state index in [9.17, 15) is 9.90 Å². The quantitative estimate of drug-likeness (QED) is 0.680. The number of hydrogen-bond donors (Lipinski definition) is 2. The predicted octanol–water partition coefficient (Wildman–Crippen LogP) is 2.39. The number of rotatable bonds is 7. The van der Waals surface area contributed by atoms with E-state index in [-0.39, 0.29) is 5.54 Å². The van der Waals surface area contributed by atoms with Gasteiger partial charge in [0.05, 0.1) is 0 Å². The Morgan fingerprint density at radius 2 is 1.73 bits per heavy atom. The van der Waals surface area contributed by atoms with Crippen LogP contribution in [0.4, 0.5) is 0 Å². The first-order valence-corrected chi connectivity index (χ1v) is 11.1. The molecule has 1 unspecified atom stereocenters. The van der Waals surface area contributed by atoms with Gasteiger partial charge in [-0.05, 0) is 77.0 Å². The molecule has 3 aliphatic rings. The van der Waals surface area contributed by atoms with Gasteiger partial charge < -0.3 is 15.3 Å². The van der Waals surface area contributed by atoms with Crippen LogP contribution in [-0.2, 0) is 4.79 Å². The van der Waals surface area contributed by atoms with Gasteiger partial charge in [-0.2, -0.15) is 0 Å². The molecular weight excluding hydrogens is 326 g/mol. The lowest BCUT2D eigenvalue weighted by Gasteiger charge is -2.46. The Hall–Kier alpha value is -0.650. The van der Waals surface area contributed by atoms with Gasteiger partial charge in [0.15, 0.2) is 0 Å². The number of aliphatic hydroxyl groups is 1. The Morgan fingerprint density at radius 1 is 1.00 bits per heavy atom. The van der Waals surface area contributed by atoms with E-state index in [1.165, 1.54) is 44.9 Å². The van der Waals surface area contributed by atoms with Crippen molar-refractivity contribution in [2.24, 2.45) is 5.92 Å². The third kappa shape index (κ3) is 4.99. The topological polar surface area (TPSA) is 55.8 Å². The molecule has 1 aliphatic carbocycles. The number of carbonyl (C=O) groups excluding carboxylic acids is 1. The highest BCUT2D eigenvalue weighted by Gasteiger charge is 2.44. The summed E-state index contributed by atoms with van der Waals surface area (Å²) in [5, 5.41) is 12.7. The van der Waals surface area contributed by atoms with Crippen LogP contribution in [0.1, 0.15) is 70.6 Å². The van der Waals surface area contributed by atoms with Crippen molar-refractivity contribution in [2.75, 3.05) is 45.9 Å². The van der Waals surface area contributed by atoms with Gasteiger partial charge in [0.1, 0.15) is 5.54 Å². The third-order valence-corrected chi connectivity index (χ3v) is 6.86. The van der Waals surface area contributed by atoms with Crippen molar-refractivity contribution >= 4 is 5.91 Å². The largest absolute Gasteiger partial charge is 0.396 e. The maximum atomic E-state index is 13.2. The lowest BCUT2D eigenvalue weighted by molar-refractivity contribution is -0.137. The molecule has 0 aromatic heterocycles. The minimum absolute atomic E-state index is 0.216. The predicted molar refractivity (Wildman–Crippen MR) is 105 cm³/mol. The molecule has 5 nitrogen and oxygen atoms in total. The summed E-state index contributed by atoms with van der Waals surface area (Å²) in [6.45, 7) is 6.49. The van der Waals surface area contributed by atoms with E-state index in [1.54, 1.807) is 0 Å². The fraction of sp³-hybridized carbons (Fsp3) is 0.952. The van der Waals surface area contributed by atoms with Crippen LogP contribution in [0, 0.1) is 5.92 Å². The zero-order chi connectivity index (χ0) is 18.2. The number of likely N-dealkylation sites (tertiary alicyclic amines) is 2. The van der Waals surface area contributed by atoms with E-state index < -0.39 is 0 Å². The highest BCUT2D eigenvalue weighted by Crippen LogP contribution is 2.35. The molecule has 0 radical (unpaired) electrons. The summed E-state index contributed by atoms with van der Waals surface area (Å²) >= 11 is 0. The highest BCUT2D eigenvalue weighted by atomic mass is 16.3. The van der Waals surface area contributed by atoms with Crippen molar-refractivity contribution in [3.8, 4) is 0 Å². The molecular formula is C21H39N3O2. The molecule has 2 N–H and O–H groups in total. The molecule has 1 saturated carbocycles. The van der Waals surface area contributed by atoms with Crippen LogP contribution < -0.4 is 5.32 Å². The molecule has 3 fully saturated rings. The number of aliphatic hydroxyl groups excluding tert-OH is 1. The Labute approximate surface area is 159 Å². The van der Waals surface area contributed by atoms with Crippen LogP contribution in [0.15, 0.2) is 0 Å². The van der Waals surface area contributed by atoms with E-state index in [1.807, 2.05) is 0 Å². The van der Waals surface area contributed by atoms with Crippen LogP contribution >= 0.6 is 0 Å². The van der Waals surface area contributed by atoms with E-state index in [0.717, 1.165) is 65.0 Å². The van der Waals surface area contributed by atoms with Crippen molar-refractivity contribution in [1.29, 1.82) is 0 Å². The molecule has 26 heavy (non-hydrogen) atoms. The van der Waals surface area contributed by atoms with Crippen LogP contribution in [0.3, 0.4) is 0 Å². The first-order valence-electron chi connectivity index (χ1n) is 11.1. The van der Waals surface area contributed by atoms with E-state index in [0.29, 0.717) is 18.4 Å². The molecule has 1 amide bonds. The molecule has 0 bridgehead atoms. The van der Waals surface area contributed by atoms with Gasteiger partial charge >= 0.3 is 0 Å². The number of nitrogens with one attached hydrogen (secondary N) is 1. The smallest absolute Gasteiger partial charge is 0.240 e. The summed E-state index contributed by atoms with van der Waals surface area (Å²) in [6.07, 6.45) is 12.9. The molecule has 0 spiro atoms. The molecule has 0 aromatic rings. The molecule has 2 aliphatic heterocycles. The monoisotopic (exact) mass is 365 g/mol. The first-order chi connectivity index (χ1) is 12.7. The van der Waals surface area contributed by atoms with Crippen molar-refractivity contribution in [2.45, 2.75) is 76.2 Å². The Bertz CT molecular complexity index is 431. The molecule has 2 saturated heterocycles. The zero-order valence-electron chi connectivity index (χ0n) is 16.6. The third-order valence-electron chi connectivity index (χ3n) is 6.86. The number of nitrogens with zero attached hydrogens (tertiary/aromatic N) is 2. The summed E-state index contributed by atoms with van der Waals surface area (Å²) in [6, 6.07) is 0. The minimum atomic E-state index is -0.216. The van der Waals surface area contributed by atoms with Crippen molar-refractivity contribution in [3.63, 3.8) is 0 Å². The maximum Gasteiger partial charge on any atom is 0.240 e. The SMILES string of the molecule is O=C(NCCCN1CCCC(CO)C1)C1(N2CCCCC2)CCCCC1. The fourth-order valence-electron chi connectivity index (χ4n) is 5.32. The second-order valence-corrected chi connectivity index (χ2v) is 8.74. The van der Waals surface area contributed by atoms with Crippen LogP contribution in [-0.4, -0.2) is 72.2 Å². The second-order valence-electron chi connectivity index (χ2n) is 8.74. The first kappa shape index (κ1) is 20.1. The van der Waals surface area contributed by atoms with Gasteiger partial charge in [0.2, 0.25) is 5.91 Å². The summed E-state index contributed by atoms with van der Waals surface area (Å²) in [5.41, 5.74) is -0.216. The van der Waals surface area contributed by atoms with Gasteiger partial charge in [-0.25, -0.2) is 0 Å². The molecule has 5 heteroatoms. The van der Waals surface area contributed by atoms with Crippen LogP contribution in [0.2, 0.25) is 0 Å². The van der Waals surface area contributed by atoms with E-state index in [2.05, 4.69) is 15.1 Å². The average Bonchev–Trinajstić information content (AvgIpc) is 2.72. The summed E-state index contributed by atoms with van der Waals surface area (Å²) in [4.78, 5) is 18.1. The van der Waals surface area contributed by atoms with E-state index >= 15 is 0 Å². The summed E-state index contributed by atoms with van der Waals surface area (Å²) in [7, 11) is 0. The minimum Gasteiger partial charge on any atom is -0.396 e. The van der Waals surface area contributed by atoms with Gasteiger partial charge in [0, 0.05) is 19.7 Å². The Balaban J connectivity index is 1.45. The number of carbonyl (C=O) groups is 1. The molecule has 1 atom stereocenters. The molecule has 2 heterocycles. The number of hydrogen-bond acceptors (Lipinski definition) is 4. The Kier molecular flexibility index (Phi) is 7.77. The average molecular weight is 366 g/mol. The summed E-state index contributed by atoms with van der Waals surface area (Å²) < 4.78 is 0. The highest BCUT2D eigenvalue weighted by molar-refractivity contribution is 5.86. The number of piperidine rings is 2. The summed E-state index contributed by atoms with van der Waals surface area (Å²) in [5.74, 6) is 0.744. The lowest BCUT2D eigenvalue weighted by Crippen LogP contribution is -2.61. The lowest BCUT2D eigenvalue weighted by atomic mass is 9.78. The molecule has 0 aromatic carbocycles. The van der Waals surface area contributed by atoms with Gasteiger partial charge in [-0.1, -0.05) is 25.7 Å². The van der Waals surface area contributed by atoms with Crippen LogP contribution in [0.25, 0.3) is 0 Å². The van der Waals surface area contributed by atoms with E-state index in [4.69, 9.17) is 0 Å². The van der Waals surface area contributed by atoms with Gasteiger partial charge in [-0.15, -0.1) is 0 Å². The van der Waals surface area contributed by atoms with Gasteiger partial charge in [0.25, 0.3) is 0 Å². The van der Waals surface area contributed by atoms with Gasteiger partial charge in [-0.3, -0.25) is 9.69 Å².